The van der Waals surface area contributed by atoms with E-state index in [1.165, 1.54) is 11.3 Å². The Hall–Kier alpha value is -2.29. The minimum atomic E-state index is -0.200. The molecule has 4 heterocycles. The summed E-state index contributed by atoms with van der Waals surface area (Å²) < 4.78 is 13.3. The fourth-order valence-corrected chi connectivity index (χ4v) is 3.54. The maximum Gasteiger partial charge on any atom is 0.271 e. The van der Waals surface area contributed by atoms with E-state index in [0.717, 1.165) is 16.9 Å². The first-order valence-corrected chi connectivity index (χ1v) is 9.46. The van der Waals surface area contributed by atoms with Crippen molar-refractivity contribution in [2.75, 3.05) is 13.2 Å². The molecule has 3 aromatic heterocycles. The van der Waals surface area contributed by atoms with Crippen LogP contribution in [0.1, 0.15) is 28.2 Å². The van der Waals surface area contributed by atoms with Crippen LogP contribution in [0.3, 0.4) is 0 Å². The molecule has 0 aromatic carbocycles. The Morgan fingerprint density at radius 2 is 2.38 bits per heavy atom. The number of hydrogen-bond acceptors (Lipinski definition) is 6. The molecule has 2 atom stereocenters. The van der Waals surface area contributed by atoms with Gasteiger partial charge in [-0.05, 0) is 25.0 Å². The second-order valence-electron chi connectivity index (χ2n) is 6.37. The molecule has 8 heteroatoms. The largest absolute Gasteiger partial charge is 0.379 e. The molecular formula is C18H20N4O3S. The van der Waals surface area contributed by atoms with Crippen LogP contribution in [-0.4, -0.2) is 45.6 Å². The standard InChI is InChI=1S/C18H20N4O3S/c1-12-2-3-17-20-15(7-22(17)6-12)18(23)21-14-4-5-24-9-16(14)25-8-13-10-26-11-19-13/h2-3,6-7,10-11,14,16H,4-5,8-9H2,1H3,(H,21,23)/t14-,16-/m1/s1. The summed E-state index contributed by atoms with van der Waals surface area (Å²) in [5.41, 5.74) is 4.94. The van der Waals surface area contributed by atoms with Crippen molar-refractivity contribution in [2.45, 2.75) is 32.1 Å². The minimum absolute atomic E-state index is 0.110. The van der Waals surface area contributed by atoms with E-state index in [9.17, 15) is 4.79 Å². The van der Waals surface area contributed by atoms with Crippen molar-refractivity contribution in [3.8, 4) is 0 Å². The highest BCUT2D eigenvalue weighted by atomic mass is 32.1. The molecule has 7 nitrogen and oxygen atoms in total. The molecule has 0 radical (unpaired) electrons. The first-order chi connectivity index (χ1) is 12.7. The number of nitrogens with one attached hydrogen (secondary N) is 1. The zero-order chi connectivity index (χ0) is 17.9. The summed E-state index contributed by atoms with van der Waals surface area (Å²) in [7, 11) is 0. The molecule has 1 amide bonds. The van der Waals surface area contributed by atoms with Crippen molar-refractivity contribution in [3.63, 3.8) is 0 Å². The summed E-state index contributed by atoms with van der Waals surface area (Å²) in [6.07, 6.45) is 4.21. The molecule has 0 unspecified atom stereocenters. The first kappa shape index (κ1) is 17.1. The number of imidazole rings is 1. The molecule has 1 fully saturated rings. The number of carbonyl (C=O) groups is 1. The molecule has 0 spiro atoms. The number of rotatable bonds is 5. The van der Waals surface area contributed by atoms with Gasteiger partial charge in [-0.15, -0.1) is 11.3 Å². The fourth-order valence-electron chi connectivity index (χ4n) is 3.00. The van der Waals surface area contributed by atoms with E-state index in [2.05, 4.69) is 15.3 Å². The lowest BCUT2D eigenvalue weighted by atomic mass is 10.1. The number of pyridine rings is 1. The summed E-state index contributed by atoms with van der Waals surface area (Å²) >= 11 is 1.54. The van der Waals surface area contributed by atoms with E-state index < -0.39 is 0 Å². The van der Waals surface area contributed by atoms with Gasteiger partial charge in [-0.2, -0.15) is 0 Å². The third-order valence-electron chi connectivity index (χ3n) is 4.38. The number of thiazole rings is 1. The number of aromatic nitrogens is 3. The Kier molecular flexibility index (Phi) is 4.96. The van der Waals surface area contributed by atoms with Gasteiger partial charge >= 0.3 is 0 Å². The van der Waals surface area contributed by atoms with Crippen LogP contribution in [0.15, 0.2) is 35.4 Å². The molecule has 0 aliphatic carbocycles. The van der Waals surface area contributed by atoms with Crippen LogP contribution in [0.2, 0.25) is 0 Å². The molecule has 0 bridgehead atoms. The van der Waals surface area contributed by atoms with Crippen LogP contribution < -0.4 is 5.32 Å². The molecule has 1 saturated heterocycles. The van der Waals surface area contributed by atoms with Crippen LogP contribution in [0.25, 0.3) is 5.65 Å². The number of hydrogen-bond donors (Lipinski definition) is 1. The molecule has 1 aliphatic rings. The number of carbonyl (C=O) groups excluding carboxylic acids is 1. The van der Waals surface area contributed by atoms with Gasteiger partial charge in [0.2, 0.25) is 0 Å². The molecule has 0 saturated carbocycles. The van der Waals surface area contributed by atoms with Gasteiger partial charge in [0.25, 0.3) is 5.91 Å². The highest BCUT2D eigenvalue weighted by Crippen LogP contribution is 2.15. The predicted octanol–water partition coefficient (Wildman–Crippen LogP) is 2.20. The Balaban J connectivity index is 1.43. The van der Waals surface area contributed by atoms with Crippen LogP contribution in [-0.2, 0) is 16.1 Å². The topological polar surface area (TPSA) is 77.8 Å². The molecule has 1 N–H and O–H groups in total. The van der Waals surface area contributed by atoms with Gasteiger partial charge in [-0.25, -0.2) is 9.97 Å². The average molecular weight is 372 g/mol. The third kappa shape index (κ3) is 3.77. The smallest absolute Gasteiger partial charge is 0.271 e. The molecule has 136 valence electrons. The molecule has 26 heavy (non-hydrogen) atoms. The molecule has 3 aromatic rings. The number of fused-ring (bicyclic) bond motifs is 1. The van der Waals surface area contributed by atoms with Gasteiger partial charge in [0.15, 0.2) is 0 Å². The van der Waals surface area contributed by atoms with Crippen molar-refractivity contribution in [2.24, 2.45) is 0 Å². The van der Waals surface area contributed by atoms with E-state index in [1.807, 2.05) is 35.0 Å². The highest BCUT2D eigenvalue weighted by molar-refractivity contribution is 7.07. The summed E-state index contributed by atoms with van der Waals surface area (Å²) in [6, 6.07) is 3.77. The number of nitrogens with zero attached hydrogens (tertiary/aromatic N) is 3. The second kappa shape index (κ2) is 7.53. The maximum absolute atomic E-state index is 12.7. The van der Waals surface area contributed by atoms with E-state index in [4.69, 9.17) is 9.47 Å². The van der Waals surface area contributed by atoms with Crippen molar-refractivity contribution in [1.29, 1.82) is 0 Å². The van der Waals surface area contributed by atoms with Gasteiger partial charge in [-0.1, -0.05) is 6.07 Å². The van der Waals surface area contributed by atoms with Gasteiger partial charge < -0.3 is 19.2 Å². The number of amides is 1. The summed E-state index contributed by atoms with van der Waals surface area (Å²) in [5.74, 6) is -0.194. The first-order valence-electron chi connectivity index (χ1n) is 8.52. The minimum Gasteiger partial charge on any atom is -0.379 e. The normalized spacial score (nSPS) is 20.3. The quantitative estimate of drug-likeness (QED) is 0.743. The van der Waals surface area contributed by atoms with Crippen LogP contribution in [0.5, 0.6) is 0 Å². The van der Waals surface area contributed by atoms with Crippen LogP contribution >= 0.6 is 11.3 Å². The maximum atomic E-state index is 12.7. The Morgan fingerprint density at radius 1 is 1.46 bits per heavy atom. The van der Waals surface area contributed by atoms with Crippen molar-refractivity contribution in [3.05, 3.63) is 52.4 Å². The SMILES string of the molecule is Cc1ccc2nc(C(=O)N[C@@H]3CCOC[C@H]3OCc3cscn3)cn2c1. The van der Waals surface area contributed by atoms with Crippen molar-refractivity contribution >= 4 is 22.9 Å². The molecular weight excluding hydrogens is 352 g/mol. The van der Waals surface area contributed by atoms with Gasteiger partial charge in [0, 0.05) is 24.4 Å². The van der Waals surface area contributed by atoms with Crippen molar-refractivity contribution < 1.29 is 14.3 Å². The number of aryl methyl sites for hydroxylation is 1. The van der Waals surface area contributed by atoms with E-state index >= 15 is 0 Å². The highest BCUT2D eigenvalue weighted by Gasteiger charge is 2.29. The monoisotopic (exact) mass is 372 g/mol. The Bertz CT molecular complexity index is 893. The third-order valence-corrected chi connectivity index (χ3v) is 5.02. The lowest BCUT2D eigenvalue weighted by molar-refractivity contribution is -0.0742. The van der Waals surface area contributed by atoms with E-state index in [0.29, 0.717) is 31.9 Å². The van der Waals surface area contributed by atoms with Crippen LogP contribution in [0, 0.1) is 6.92 Å². The van der Waals surface area contributed by atoms with Crippen molar-refractivity contribution in [1.82, 2.24) is 19.7 Å². The lowest BCUT2D eigenvalue weighted by Gasteiger charge is -2.31. The lowest BCUT2D eigenvalue weighted by Crippen LogP contribution is -2.50. The predicted molar refractivity (Wildman–Crippen MR) is 97.3 cm³/mol. The van der Waals surface area contributed by atoms with Gasteiger partial charge in [-0.3, -0.25) is 4.79 Å². The summed E-state index contributed by atoms with van der Waals surface area (Å²) in [5, 5.41) is 5.01. The zero-order valence-corrected chi connectivity index (χ0v) is 15.2. The van der Waals surface area contributed by atoms with E-state index in [1.54, 1.807) is 11.7 Å². The average Bonchev–Trinajstić information content (AvgIpc) is 3.30. The zero-order valence-electron chi connectivity index (χ0n) is 14.4. The molecule has 4 rings (SSSR count). The fraction of sp³-hybridized carbons (Fsp3) is 0.389. The second-order valence-corrected chi connectivity index (χ2v) is 7.09. The summed E-state index contributed by atoms with van der Waals surface area (Å²) in [6.45, 7) is 3.48. The number of ether oxygens (including phenoxy) is 2. The van der Waals surface area contributed by atoms with E-state index in [-0.39, 0.29) is 18.1 Å². The van der Waals surface area contributed by atoms with Crippen LogP contribution in [0.4, 0.5) is 0 Å². The Morgan fingerprint density at radius 3 is 3.23 bits per heavy atom. The summed E-state index contributed by atoms with van der Waals surface area (Å²) in [4.78, 5) is 21.3. The Labute approximate surface area is 155 Å². The molecule has 1 aliphatic heterocycles. The van der Waals surface area contributed by atoms with Gasteiger partial charge in [0.05, 0.1) is 30.5 Å². The van der Waals surface area contributed by atoms with Gasteiger partial charge in [0.1, 0.15) is 17.4 Å².